The van der Waals surface area contributed by atoms with E-state index in [0.717, 1.165) is 5.69 Å². The van der Waals surface area contributed by atoms with Gasteiger partial charge in [-0.1, -0.05) is 11.6 Å². The van der Waals surface area contributed by atoms with Crippen LogP contribution in [-0.2, 0) is 13.5 Å². The Labute approximate surface area is 113 Å². The van der Waals surface area contributed by atoms with Crippen molar-refractivity contribution in [3.05, 3.63) is 28.0 Å². The highest BCUT2D eigenvalue weighted by Crippen LogP contribution is 2.13. The summed E-state index contributed by atoms with van der Waals surface area (Å²) in [5, 5.41) is 9.46. The van der Waals surface area contributed by atoms with Gasteiger partial charge in [-0.2, -0.15) is 5.10 Å². The van der Waals surface area contributed by atoms with E-state index in [1.54, 1.807) is 13.2 Å². The lowest BCUT2D eigenvalue weighted by molar-refractivity contribution is 0.0948. The van der Waals surface area contributed by atoms with Crippen LogP contribution in [0.5, 0.6) is 0 Å². The van der Waals surface area contributed by atoms with Crippen LogP contribution in [-0.4, -0.2) is 27.2 Å². The number of nitrogens with two attached hydrogens (primary N) is 1. The number of hydrogen-bond donors (Lipinski definition) is 2. The molecule has 96 valence electrons. The van der Waals surface area contributed by atoms with E-state index in [4.69, 9.17) is 17.3 Å². The molecule has 18 heavy (non-hydrogen) atoms. The van der Waals surface area contributed by atoms with E-state index in [0.29, 0.717) is 23.1 Å². The van der Waals surface area contributed by atoms with Gasteiger partial charge in [0.2, 0.25) is 0 Å². The normalized spacial score (nSPS) is 10.6. The maximum Gasteiger partial charge on any atom is 0.273 e. The first-order valence-corrected chi connectivity index (χ1v) is 6.49. The first kappa shape index (κ1) is 12.8. The monoisotopic (exact) mass is 285 g/mol. The summed E-state index contributed by atoms with van der Waals surface area (Å²) in [6.07, 6.45) is 2.21. The number of aryl methyl sites for hydroxylation is 1. The Hall–Kier alpha value is -1.60. The lowest BCUT2D eigenvalue weighted by Gasteiger charge is -2.01. The van der Waals surface area contributed by atoms with E-state index in [-0.39, 0.29) is 11.6 Å². The number of amides is 1. The largest absolute Gasteiger partial charge is 0.375 e. The summed E-state index contributed by atoms with van der Waals surface area (Å²) < 4.78 is 1.50. The quantitative estimate of drug-likeness (QED) is 0.880. The summed E-state index contributed by atoms with van der Waals surface area (Å²) in [5.41, 5.74) is 6.61. The Bertz CT molecular complexity index is 564. The zero-order valence-electron chi connectivity index (χ0n) is 9.68. The van der Waals surface area contributed by atoms with E-state index in [9.17, 15) is 4.79 Å². The third kappa shape index (κ3) is 2.99. The fraction of sp³-hybridized carbons (Fsp3) is 0.300. The number of nitrogen functional groups attached to an aromatic ring is 1. The minimum atomic E-state index is -0.288. The Kier molecular flexibility index (Phi) is 3.83. The lowest BCUT2D eigenvalue weighted by Crippen LogP contribution is -2.26. The number of rotatable bonds is 4. The summed E-state index contributed by atoms with van der Waals surface area (Å²) in [5.74, 6) is -0.288. The Morgan fingerprint density at radius 2 is 2.44 bits per heavy atom. The first-order valence-electron chi connectivity index (χ1n) is 5.23. The summed E-state index contributed by atoms with van der Waals surface area (Å²) >= 11 is 7.25. The van der Waals surface area contributed by atoms with Crippen LogP contribution < -0.4 is 11.1 Å². The zero-order chi connectivity index (χ0) is 13.1. The number of nitrogens with one attached hydrogen (secondary N) is 1. The first-order chi connectivity index (χ1) is 8.56. The van der Waals surface area contributed by atoms with Gasteiger partial charge in [0, 0.05) is 31.6 Å². The molecule has 2 heterocycles. The van der Waals surface area contributed by atoms with Crippen molar-refractivity contribution in [2.45, 2.75) is 6.42 Å². The van der Waals surface area contributed by atoms with Crippen molar-refractivity contribution >= 4 is 34.0 Å². The number of carbonyl (C=O) groups is 1. The molecule has 8 heteroatoms. The standard InChI is InChI=1S/C10H12ClN5OS/c1-16-4-7(11)8(15-16)9(17)13-3-2-6-5-18-10(12)14-6/h4-5H,2-3H2,1H3,(H2,12,14)(H,13,17). The Balaban J connectivity index is 1.87. The number of nitrogens with zero attached hydrogens (tertiary/aromatic N) is 3. The minimum Gasteiger partial charge on any atom is -0.375 e. The molecule has 2 aromatic rings. The third-order valence-corrected chi connectivity index (χ3v) is 3.23. The molecule has 0 radical (unpaired) electrons. The van der Waals surface area contributed by atoms with Gasteiger partial charge in [-0.3, -0.25) is 9.48 Å². The number of halogens is 1. The maximum absolute atomic E-state index is 11.8. The molecule has 2 aromatic heterocycles. The fourth-order valence-electron chi connectivity index (χ4n) is 1.44. The summed E-state index contributed by atoms with van der Waals surface area (Å²) in [6, 6.07) is 0. The molecular weight excluding hydrogens is 274 g/mol. The third-order valence-electron chi connectivity index (χ3n) is 2.24. The number of thiazole rings is 1. The number of carbonyl (C=O) groups excluding carboxylic acids is 1. The van der Waals surface area contributed by atoms with Crippen LogP contribution in [0.4, 0.5) is 5.13 Å². The molecule has 0 aliphatic carbocycles. The highest BCUT2D eigenvalue weighted by Gasteiger charge is 2.14. The van der Waals surface area contributed by atoms with Gasteiger partial charge < -0.3 is 11.1 Å². The molecule has 1 amide bonds. The molecule has 0 unspecified atom stereocenters. The van der Waals surface area contributed by atoms with E-state index in [1.807, 2.05) is 5.38 Å². The van der Waals surface area contributed by atoms with Gasteiger partial charge >= 0.3 is 0 Å². The van der Waals surface area contributed by atoms with Crippen LogP contribution in [0.15, 0.2) is 11.6 Å². The van der Waals surface area contributed by atoms with E-state index in [1.165, 1.54) is 16.0 Å². The van der Waals surface area contributed by atoms with Gasteiger partial charge in [0.15, 0.2) is 10.8 Å². The summed E-state index contributed by atoms with van der Waals surface area (Å²) in [7, 11) is 1.71. The molecule has 6 nitrogen and oxygen atoms in total. The smallest absolute Gasteiger partial charge is 0.273 e. The molecule has 0 atom stereocenters. The molecule has 0 bridgehead atoms. The predicted molar refractivity (Wildman–Crippen MR) is 70.8 cm³/mol. The average Bonchev–Trinajstić information content (AvgIpc) is 2.85. The van der Waals surface area contributed by atoms with Crippen molar-refractivity contribution in [2.24, 2.45) is 7.05 Å². The van der Waals surface area contributed by atoms with Gasteiger partial charge in [0.1, 0.15) is 0 Å². The Morgan fingerprint density at radius 3 is 3.00 bits per heavy atom. The zero-order valence-corrected chi connectivity index (χ0v) is 11.3. The molecule has 3 N–H and O–H groups in total. The van der Waals surface area contributed by atoms with Crippen LogP contribution in [0.25, 0.3) is 0 Å². The molecular formula is C10H12ClN5OS. The van der Waals surface area contributed by atoms with Crippen molar-refractivity contribution in [1.29, 1.82) is 0 Å². The SMILES string of the molecule is Cn1cc(Cl)c(C(=O)NCCc2csc(N)n2)n1. The molecule has 0 fully saturated rings. The van der Waals surface area contributed by atoms with Gasteiger partial charge in [-0.25, -0.2) is 4.98 Å². The molecule has 0 aliphatic heterocycles. The van der Waals surface area contributed by atoms with Crippen molar-refractivity contribution in [2.75, 3.05) is 12.3 Å². The number of anilines is 1. The van der Waals surface area contributed by atoms with Crippen LogP contribution in [0.2, 0.25) is 5.02 Å². The lowest BCUT2D eigenvalue weighted by atomic mass is 10.3. The topological polar surface area (TPSA) is 85.8 Å². The van der Waals surface area contributed by atoms with Gasteiger partial charge in [-0.15, -0.1) is 11.3 Å². The molecule has 2 rings (SSSR count). The van der Waals surface area contributed by atoms with Crippen LogP contribution >= 0.6 is 22.9 Å². The number of hydrogen-bond acceptors (Lipinski definition) is 5. The highest BCUT2D eigenvalue weighted by molar-refractivity contribution is 7.13. The second-order valence-electron chi connectivity index (χ2n) is 3.68. The molecule has 0 spiro atoms. The van der Waals surface area contributed by atoms with Gasteiger partial charge in [0.05, 0.1) is 10.7 Å². The van der Waals surface area contributed by atoms with Crippen molar-refractivity contribution in [3.8, 4) is 0 Å². The molecule has 0 aliphatic rings. The highest BCUT2D eigenvalue weighted by atomic mass is 35.5. The van der Waals surface area contributed by atoms with Crippen molar-refractivity contribution in [3.63, 3.8) is 0 Å². The predicted octanol–water partition coefficient (Wildman–Crippen LogP) is 1.08. The molecule has 0 saturated carbocycles. The Morgan fingerprint density at radius 1 is 1.67 bits per heavy atom. The van der Waals surface area contributed by atoms with E-state index in [2.05, 4.69) is 15.4 Å². The van der Waals surface area contributed by atoms with Crippen LogP contribution in [0.3, 0.4) is 0 Å². The van der Waals surface area contributed by atoms with Crippen LogP contribution in [0, 0.1) is 0 Å². The molecule has 0 aromatic carbocycles. The van der Waals surface area contributed by atoms with Crippen molar-refractivity contribution < 1.29 is 4.79 Å². The number of aromatic nitrogens is 3. The van der Waals surface area contributed by atoms with Crippen molar-refractivity contribution in [1.82, 2.24) is 20.1 Å². The van der Waals surface area contributed by atoms with Crippen LogP contribution in [0.1, 0.15) is 16.2 Å². The maximum atomic E-state index is 11.8. The summed E-state index contributed by atoms with van der Waals surface area (Å²) in [6.45, 7) is 0.467. The summed E-state index contributed by atoms with van der Waals surface area (Å²) in [4.78, 5) is 15.9. The fourth-order valence-corrected chi connectivity index (χ4v) is 2.30. The van der Waals surface area contributed by atoms with Gasteiger partial charge in [0.25, 0.3) is 5.91 Å². The van der Waals surface area contributed by atoms with E-state index >= 15 is 0 Å². The second-order valence-corrected chi connectivity index (χ2v) is 4.98. The minimum absolute atomic E-state index is 0.233. The molecule has 0 saturated heterocycles. The van der Waals surface area contributed by atoms with Gasteiger partial charge in [-0.05, 0) is 0 Å². The van der Waals surface area contributed by atoms with E-state index < -0.39 is 0 Å². The second kappa shape index (κ2) is 5.36. The average molecular weight is 286 g/mol.